The third-order valence-electron chi connectivity index (χ3n) is 5.02. The number of carbonyl (C=O) groups is 1. The monoisotopic (exact) mass is 436 g/mol. The minimum atomic E-state index is -0.761. The summed E-state index contributed by atoms with van der Waals surface area (Å²) in [6.07, 6.45) is 10.1. The highest BCUT2D eigenvalue weighted by Gasteiger charge is 2.15. The number of esters is 1. The van der Waals surface area contributed by atoms with Crippen LogP contribution >= 0.6 is 0 Å². The van der Waals surface area contributed by atoms with Gasteiger partial charge in [-0.05, 0) is 61.2 Å². The Morgan fingerprint density at radius 2 is 1.59 bits per heavy atom. The maximum Gasteiger partial charge on any atom is 0.346 e. The summed E-state index contributed by atoms with van der Waals surface area (Å²) < 4.78 is 25.1. The molecule has 0 spiro atoms. The van der Waals surface area contributed by atoms with Crippen molar-refractivity contribution in [2.24, 2.45) is 0 Å². The molecule has 0 fully saturated rings. The van der Waals surface area contributed by atoms with E-state index in [2.05, 4.69) is 16.9 Å². The van der Waals surface area contributed by atoms with Crippen LogP contribution < -0.4 is 9.47 Å². The predicted octanol–water partition coefficient (Wildman–Crippen LogP) is 6.41. The van der Waals surface area contributed by atoms with Crippen LogP contribution in [0.5, 0.6) is 11.5 Å². The van der Waals surface area contributed by atoms with Crippen LogP contribution in [0.15, 0.2) is 54.9 Å². The van der Waals surface area contributed by atoms with E-state index in [-0.39, 0.29) is 5.56 Å². The smallest absolute Gasteiger partial charge is 0.346 e. The normalized spacial score (nSPS) is 10.7. The maximum atomic E-state index is 14.3. The highest BCUT2D eigenvalue weighted by molar-refractivity contribution is 5.91. The van der Waals surface area contributed by atoms with Crippen molar-refractivity contribution in [2.45, 2.75) is 52.4 Å². The predicted molar refractivity (Wildman–Crippen MR) is 122 cm³/mol. The van der Waals surface area contributed by atoms with E-state index in [4.69, 9.17) is 9.47 Å². The molecule has 3 rings (SSSR count). The Morgan fingerprint density at radius 1 is 0.906 bits per heavy atom. The van der Waals surface area contributed by atoms with Crippen LogP contribution in [-0.4, -0.2) is 22.5 Å². The van der Waals surface area contributed by atoms with Gasteiger partial charge in [0.2, 0.25) is 0 Å². The SMILES string of the molecule is CCCCCc1cnc(-c2ccc(OC(=O)c3ccc(OCCCC)cc3F)cc2)nc1. The number of halogens is 1. The van der Waals surface area contributed by atoms with E-state index in [0.29, 0.717) is 23.9 Å². The van der Waals surface area contributed by atoms with Crippen molar-refractivity contribution in [3.63, 3.8) is 0 Å². The first kappa shape index (κ1) is 23.4. The Hall–Kier alpha value is -3.28. The van der Waals surface area contributed by atoms with Gasteiger partial charge in [0, 0.05) is 24.0 Å². The molecule has 5 nitrogen and oxygen atoms in total. The molecule has 6 heteroatoms. The Kier molecular flexibility index (Phi) is 8.72. The van der Waals surface area contributed by atoms with E-state index in [1.165, 1.54) is 25.0 Å². The number of carbonyl (C=O) groups excluding carboxylic acids is 1. The lowest BCUT2D eigenvalue weighted by atomic mass is 10.1. The zero-order valence-corrected chi connectivity index (χ0v) is 18.6. The summed E-state index contributed by atoms with van der Waals surface area (Å²) in [5.41, 5.74) is 1.79. The van der Waals surface area contributed by atoms with Crippen molar-refractivity contribution in [3.05, 3.63) is 71.8 Å². The molecule has 1 aromatic heterocycles. The van der Waals surface area contributed by atoms with E-state index >= 15 is 0 Å². The van der Waals surface area contributed by atoms with Crippen LogP contribution in [0.2, 0.25) is 0 Å². The number of hydrogen-bond acceptors (Lipinski definition) is 5. The fourth-order valence-corrected chi connectivity index (χ4v) is 3.13. The minimum absolute atomic E-state index is 0.140. The van der Waals surface area contributed by atoms with Crippen molar-refractivity contribution < 1.29 is 18.7 Å². The molecule has 0 unspecified atom stereocenters. The second kappa shape index (κ2) is 11.9. The molecule has 0 aliphatic rings. The van der Waals surface area contributed by atoms with Gasteiger partial charge in [0.05, 0.1) is 12.2 Å². The molecule has 0 saturated carbocycles. The lowest BCUT2D eigenvalue weighted by Crippen LogP contribution is -2.11. The van der Waals surface area contributed by atoms with Crippen LogP contribution in [0, 0.1) is 5.82 Å². The highest BCUT2D eigenvalue weighted by Crippen LogP contribution is 2.22. The molecule has 0 aliphatic carbocycles. The van der Waals surface area contributed by atoms with Crippen LogP contribution in [0.25, 0.3) is 11.4 Å². The summed E-state index contributed by atoms with van der Waals surface area (Å²) in [5.74, 6) is -0.117. The fraction of sp³-hybridized carbons (Fsp3) is 0.346. The Morgan fingerprint density at radius 3 is 2.25 bits per heavy atom. The Balaban J connectivity index is 1.60. The lowest BCUT2D eigenvalue weighted by Gasteiger charge is -2.09. The van der Waals surface area contributed by atoms with Gasteiger partial charge in [-0.1, -0.05) is 33.1 Å². The van der Waals surface area contributed by atoms with E-state index in [9.17, 15) is 9.18 Å². The molecular weight excluding hydrogens is 407 g/mol. The summed E-state index contributed by atoms with van der Waals surface area (Å²) in [7, 11) is 0. The summed E-state index contributed by atoms with van der Waals surface area (Å²) >= 11 is 0. The molecule has 0 saturated heterocycles. The van der Waals surface area contributed by atoms with Gasteiger partial charge >= 0.3 is 5.97 Å². The maximum absolute atomic E-state index is 14.3. The van der Waals surface area contributed by atoms with Gasteiger partial charge in [-0.15, -0.1) is 0 Å². The topological polar surface area (TPSA) is 61.3 Å². The Labute approximate surface area is 188 Å². The molecule has 1 heterocycles. The van der Waals surface area contributed by atoms with E-state index < -0.39 is 11.8 Å². The summed E-state index contributed by atoms with van der Waals surface area (Å²) in [4.78, 5) is 21.2. The van der Waals surface area contributed by atoms with E-state index in [1.807, 2.05) is 19.3 Å². The largest absolute Gasteiger partial charge is 0.493 e. The second-order valence-corrected chi connectivity index (χ2v) is 7.63. The van der Waals surface area contributed by atoms with Gasteiger partial charge in [-0.25, -0.2) is 19.2 Å². The second-order valence-electron chi connectivity index (χ2n) is 7.63. The van der Waals surface area contributed by atoms with Gasteiger partial charge < -0.3 is 9.47 Å². The standard InChI is InChI=1S/C26H29FN2O3/c1-3-5-7-8-19-17-28-25(29-18-19)20-9-11-21(12-10-20)32-26(30)23-14-13-22(16-24(23)27)31-15-6-4-2/h9-14,16-18H,3-8,15H2,1-2H3. The molecule has 168 valence electrons. The van der Waals surface area contributed by atoms with Gasteiger partial charge in [0.1, 0.15) is 17.3 Å². The average Bonchev–Trinajstić information content (AvgIpc) is 2.80. The van der Waals surface area contributed by atoms with Crippen molar-refractivity contribution in [1.82, 2.24) is 9.97 Å². The number of benzene rings is 2. The van der Waals surface area contributed by atoms with Crippen molar-refractivity contribution >= 4 is 5.97 Å². The highest BCUT2D eigenvalue weighted by atomic mass is 19.1. The molecule has 0 atom stereocenters. The fourth-order valence-electron chi connectivity index (χ4n) is 3.13. The quantitative estimate of drug-likeness (QED) is 0.197. The van der Waals surface area contributed by atoms with Crippen LogP contribution in [0.3, 0.4) is 0 Å². The third-order valence-corrected chi connectivity index (χ3v) is 5.02. The van der Waals surface area contributed by atoms with Crippen LogP contribution in [0.1, 0.15) is 61.9 Å². The molecule has 2 aromatic carbocycles. The zero-order valence-electron chi connectivity index (χ0n) is 18.6. The number of aromatic nitrogens is 2. The van der Waals surface area contributed by atoms with Crippen molar-refractivity contribution in [3.8, 4) is 22.9 Å². The number of unbranched alkanes of at least 4 members (excludes halogenated alkanes) is 3. The van der Waals surface area contributed by atoms with Gasteiger partial charge in [-0.2, -0.15) is 0 Å². The number of rotatable bonds is 11. The van der Waals surface area contributed by atoms with Gasteiger partial charge in [0.15, 0.2) is 5.82 Å². The summed E-state index contributed by atoms with van der Waals surface area (Å²) in [5, 5.41) is 0. The first-order chi connectivity index (χ1) is 15.6. The molecule has 0 aliphatic heterocycles. The molecule has 0 radical (unpaired) electrons. The zero-order chi connectivity index (χ0) is 22.8. The van der Waals surface area contributed by atoms with Crippen molar-refractivity contribution in [2.75, 3.05) is 6.61 Å². The average molecular weight is 437 g/mol. The molecular formula is C26H29FN2O3. The Bertz CT molecular complexity index is 1000. The first-order valence-electron chi connectivity index (χ1n) is 11.2. The number of aryl methyl sites for hydroxylation is 1. The van der Waals surface area contributed by atoms with Gasteiger partial charge in [-0.3, -0.25) is 0 Å². The van der Waals surface area contributed by atoms with Crippen LogP contribution in [0.4, 0.5) is 4.39 Å². The lowest BCUT2D eigenvalue weighted by molar-refractivity contribution is 0.0730. The van der Waals surface area contributed by atoms with Crippen LogP contribution in [-0.2, 0) is 6.42 Å². The number of hydrogen-bond donors (Lipinski definition) is 0. The number of nitrogens with zero attached hydrogens (tertiary/aromatic N) is 2. The van der Waals surface area contributed by atoms with Crippen molar-refractivity contribution in [1.29, 1.82) is 0 Å². The molecule has 32 heavy (non-hydrogen) atoms. The first-order valence-corrected chi connectivity index (χ1v) is 11.2. The molecule has 0 amide bonds. The third kappa shape index (κ3) is 6.61. The van der Waals surface area contributed by atoms with E-state index in [1.54, 1.807) is 30.3 Å². The van der Waals surface area contributed by atoms with E-state index in [0.717, 1.165) is 36.8 Å². The molecule has 0 bridgehead atoms. The number of ether oxygens (including phenoxy) is 2. The minimum Gasteiger partial charge on any atom is -0.493 e. The summed E-state index contributed by atoms with van der Waals surface area (Å²) in [6, 6.07) is 11.0. The molecule has 3 aromatic rings. The molecule has 0 N–H and O–H groups in total. The summed E-state index contributed by atoms with van der Waals surface area (Å²) in [6.45, 7) is 4.74. The van der Waals surface area contributed by atoms with Gasteiger partial charge in [0.25, 0.3) is 0 Å².